The molecule has 0 aliphatic heterocycles. The Morgan fingerprint density at radius 2 is 2.18 bits per heavy atom. The van der Waals surface area contributed by atoms with E-state index in [1.54, 1.807) is 0 Å². The van der Waals surface area contributed by atoms with Crippen molar-refractivity contribution in [2.75, 3.05) is 18.0 Å². The number of aromatic nitrogens is 1. The highest BCUT2D eigenvalue weighted by molar-refractivity contribution is 5.52. The molecule has 0 aromatic carbocycles. The van der Waals surface area contributed by atoms with Crippen LogP contribution in [-0.4, -0.2) is 18.1 Å². The Morgan fingerprint density at radius 3 is 2.71 bits per heavy atom. The molecule has 0 saturated carbocycles. The average Bonchev–Trinajstić information content (AvgIpc) is 2.28. The Bertz CT molecular complexity index is 418. The van der Waals surface area contributed by atoms with Crippen molar-refractivity contribution in [2.24, 2.45) is 5.73 Å². The van der Waals surface area contributed by atoms with Crippen LogP contribution in [0.3, 0.4) is 0 Å². The van der Waals surface area contributed by atoms with Gasteiger partial charge in [-0.05, 0) is 31.9 Å². The van der Waals surface area contributed by atoms with E-state index in [4.69, 9.17) is 12.2 Å². The molecule has 0 bridgehead atoms. The van der Waals surface area contributed by atoms with Crippen LogP contribution in [-0.2, 0) is 6.54 Å². The van der Waals surface area contributed by atoms with E-state index < -0.39 is 0 Å². The number of nitrogens with two attached hydrogens (primary N) is 1. The van der Waals surface area contributed by atoms with Crippen molar-refractivity contribution in [1.29, 1.82) is 0 Å². The molecule has 0 aliphatic rings. The van der Waals surface area contributed by atoms with Gasteiger partial charge in [-0.3, -0.25) is 0 Å². The van der Waals surface area contributed by atoms with Crippen molar-refractivity contribution in [3.05, 3.63) is 22.9 Å². The molecule has 0 radical (unpaired) electrons. The Balaban J connectivity index is 3.20. The summed E-state index contributed by atoms with van der Waals surface area (Å²) in [6, 6.07) is 2.06. The highest BCUT2D eigenvalue weighted by Crippen LogP contribution is 2.22. The molecule has 1 heterocycles. The number of anilines is 1. The Labute approximate surface area is 104 Å². The molecular weight excluding hydrogens is 210 g/mol. The minimum absolute atomic E-state index is 0.499. The summed E-state index contributed by atoms with van der Waals surface area (Å²) < 4.78 is 0. The van der Waals surface area contributed by atoms with Crippen LogP contribution in [0.1, 0.15) is 30.2 Å². The zero-order chi connectivity index (χ0) is 12.8. The van der Waals surface area contributed by atoms with Gasteiger partial charge in [0, 0.05) is 24.3 Å². The highest BCUT2D eigenvalue weighted by atomic mass is 15.2. The normalized spacial score (nSPS) is 10.1. The van der Waals surface area contributed by atoms with Gasteiger partial charge in [-0.1, -0.05) is 12.8 Å². The third-order valence-electron chi connectivity index (χ3n) is 2.73. The number of pyridine rings is 1. The summed E-state index contributed by atoms with van der Waals surface area (Å²) >= 11 is 0. The highest BCUT2D eigenvalue weighted by Gasteiger charge is 2.13. The van der Waals surface area contributed by atoms with Gasteiger partial charge in [0.05, 0.1) is 6.54 Å². The molecule has 2 N–H and O–H groups in total. The van der Waals surface area contributed by atoms with Crippen LogP contribution in [0, 0.1) is 26.2 Å². The second kappa shape index (κ2) is 6.27. The fraction of sp³-hybridized carbons (Fsp3) is 0.500. The van der Waals surface area contributed by atoms with Crippen molar-refractivity contribution in [3.8, 4) is 12.3 Å². The van der Waals surface area contributed by atoms with Crippen LogP contribution < -0.4 is 10.6 Å². The van der Waals surface area contributed by atoms with Gasteiger partial charge >= 0.3 is 0 Å². The van der Waals surface area contributed by atoms with Crippen LogP contribution in [0.4, 0.5) is 5.82 Å². The summed E-state index contributed by atoms with van der Waals surface area (Å²) in [5.41, 5.74) is 9.11. The van der Waals surface area contributed by atoms with Gasteiger partial charge in [0.2, 0.25) is 0 Å². The summed E-state index contributed by atoms with van der Waals surface area (Å²) in [7, 11) is 0. The van der Waals surface area contributed by atoms with Crippen molar-refractivity contribution in [2.45, 2.75) is 33.7 Å². The van der Waals surface area contributed by atoms with E-state index in [9.17, 15) is 0 Å². The fourth-order valence-corrected chi connectivity index (χ4v) is 2.00. The van der Waals surface area contributed by atoms with Crippen LogP contribution >= 0.6 is 0 Å². The molecule has 92 valence electrons. The monoisotopic (exact) mass is 231 g/mol. The van der Waals surface area contributed by atoms with E-state index in [0.717, 1.165) is 30.0 Å². The van der Waals surface area contributed by atoms with Gasteiger partial charge < -0.3 is 10.6 Å². The van der Waals surface area contributed by atoms with E-state index in [0.29, 0.717) is 13.1 Å². The van der Waals surface area contributed by atoms with Gasteiger partial charge in [0.15, 0.2) is 0 Å². The lowest BCUT2D eigenvalue weighted by atomic mass is 10.1. The minimum atomic E-state index is 0.499. The summed E-state index contributed by atoms with van der Waals surface area (Å²) in [5, 5.41) is 0. The first-order valence-corrected chi connectivity index (χ1v) is 5.99. The topological polar surface area (TPSA) is 42.2 Å². The third kappa shape index (κ3) is 3.21. The summed E-state index contributed by atoms with van der Waals surface area (Å²) in [6.07, 6.45) is 6.46. The standard InChI is InChI=1S/C14H21N3/c1-5-7-17(8-6-2)14-13(10-15)11(3)9-12(4)16-14/h1,9H,6-8,10,15H2,2-4H3. The maximum atomic E-state index is 5.81. The smallest absolute Gasteiger partial charge is 0.134 e. The van der Waals surface area contributed by atoms with Crippen LogP contribution in [0.15, 0.2) is 6.07 Å². The lowest BCUT2D eigenvalue weighted by molar-refractivity contribution is 0.794. The second-order valence-electron chi connectivity index (χ2n) is 4.21. The van der Waals surface area contributed by atoms with E-state index in [1.807, 2.05) is 6.92 Å². The van der Waals surface area contributed by atoms with Gasteiger partial charge in [-0.25, -0.2) is 4.98 Å². The largest absolute Gasteiger partial charge is 0.345 e. The molecule has 3 heteroatoms. The number of rotatable bonds is 5. The van der Waals surface area contributed by atoms with Crippen LogP contribution in [0.5, 0.6) is 0 Å². The van der Waals surface area contributed by atoms with Crippen molar-refractivity contribution < 1.29 is 0 Å². The fourth-order valence-electron chi connectivity index (χ4n) is 2.00. The summed E-state index contributed by atoms with van der Waals surface area (Å²) in [6.45, 7) is 8.19. The molecule has 1 aromatic heterocycles. The van der Waals surface area contributed by atoms with Gasteiger partial charge in [-0.2, -0.15) is 0 Å². The SMILES string of the molecule is C#CCN(CCC)c1nc(C)cc(C)c1CN. The van der Waals surface area contributed by atoms with Crippen LogP contribution in [0.25, 0.3) is 0 Å². The lowest BCUT2D eigenvalue weighted by Gasteiger charge is -2.24. The molecule has 0 aliphatic carbocycles. The molecule has 3 nitrogen and oxygen atoms in total. The lowest BCUT2D eigenvalue weighted by Crippen LogP contribution is -2.27. The molecule has 0 saturated heterocycles. The first-order valence-electron chi connectivity index (χ1n) is 5.99. The van der Waals surface area contributed by atoms with E-state index in [-0.39, 0.29) is 0 Å². The van der Waals surface area contributed by atoms with Gasteiger partial charge in [0.25, 0.3) is 0 Å². The zero-order valence-electron chi connectivity index (χ0n) is 11.0. The quantitative estimate of drug-likeness (QED) is 0.788. The molecular formula is C14H21N3. The number of aryl methyl sites for hydroxylation is 2. The maximum absolute atomic E-state index is 5.81. The number of nitrogens with zero attached hydrogens (tertiary/aromatic N) is 2. The van der Waals surface area contributed by atoms with Gasteiger partial charge in [0.1, 0.15) is 5.82 Å². The van der Waals surface area contributed by atoms with E-state index >= 15 is 0 Å². The number of hydrogen-bond donors (Lipinski definition) is 1. The Kier molecular flexibility index (Phi) is 4.99. The van der Waals surface area contributed by atoms with Crippen LogP contribution in [0.2, 0.25) is 0 Å². The first kappa shape index (κ1) is 13.5. The Hall–Kier alpha value is -1.53. The molecule has 0 unspecified atom stereocenters. The predicted molar refractivity (Wildman–Crippen MR) is 72.9 cm³/mol. The number of terminal acetylenes is 1. The van der Waals surface area contributed by atoms with Crippen molar-refractivity contribution in [3.63, 3.8) is 0 Å². The Morgan fingerprint density at radius 1 is 1.47 bits per heavy atom. The van der Waals surface area contributed by atoms with Gasteiger partial charge in [-0.15, -0.1) is 6.42 Å². The second-order valence-corrected chi connectivity index (χ2v) is 4.21. The predicted octanol–water partition coefficient (Wildman–Crippen LogP) is 2.01. The van der Waals surface area contributed by atoms with Crippen molar-refractivity contribution in [1.82, 2.24) is 4.98 Å². The minimum Gasteiger partial charge on any atom is -0.345 e. The summed E-state index contributed by atoms with van der Waals surface area (Å²) in [4.78, 5) is 6.72. The first-order chi connectivity index (χ1) is 8.13. The molecule has 1 aromatic rings. The molecule has 0 spiro atoms. The maximum Gasteiger partial charge on any atom is 0.134 e. The molecule has 0 atom stereocenters. The summed E-state index contributed by atoms with van der Waals surface area (Å²) in [5.74, 6) is 3.64. The molecule has 0 amide bonds. The molecule has 1 rings (SSSR count). The van der Waals surface area contributed by atoms with Crippen molar-refractivity contribution >= 4 is 5.82 Å². The van der Waals surface area contributed by atoms with E-state index in [1.165, 1.54) is 5.56 Å². The third-order valence-corrected chi connectivity index (χ3v) is 2.73. The van der Waals surface area contributed by atoms with E-state index in [2.05, 4.69) is 35.7 Å². The number of hydrogen-bond acceptors (Lipinski definition) is 3. The zero-order valence-corrected chi connectivity index (χ0v) is 11.0. The molecule has 0 fully saturated rings. The molecule has 17 heavy (non-hydrogen) atoms. The average molecular weight is 231 g/mol.